The average Bonchev–Trinajstić information content (AvgIpc) is 2.25. The van der Waals surface area contributed by atoms with Gasteiger partial charge in [0.1, 0.15) is 0 Å². The number of rotatable bonds is 1. The molecule has 0 amide bonds. The molecule has 1 aliphatic heterocycles. The molecule has 1 N–H and O–H groups in total. The van der Waals surface area contributed by atoms with Crippen LogP contribution in [0.5, 0.6) is 0 Å². The largest absolute Gasteiger partial charge is 0.316 e. The Morgan fingerprint density at radius 2 is 1.67 bits per heavy atom. The van der Waals surface area contributed by atoms with Crippen molar-refractivity contribution in [1.29, 1.82) is 0 Å². The van der Waals surface area contributed by atoms with Crippen molar-refractivity contribution in [2.45, 2.75) is 12.8 Å². The van der Waals surface area contributed by atoms with Gasteiger partial charge in [0.25, 0.3) is 0 Å². The first-order chi connectivity index (χ1) is 7.27. The number of halogens is 2. The molecule has 0 aliphatic carbocycles. The number of hydrogen-bond acceptors (Lipinski definition) is 1. The SMILES string of the molecule is Clc1cccc(Cl)c1C=C1CCNCC1. The first-order valence-electron chi connectivity index (χ1n) is 5.11. The topological polar surface area (TPSA) is 12.0 Å². The van der Waals surface area contributed by atoms with E-state index in [2.05, 4.69) is 11.4 Å². The molecule has 0 spiro atoms. The predicted octanol–water partition coefficient (Wildman–Crippen LogP) is 3.76. The van der Waals surface area contributed by atoms with Crippen molar-refractivity contribution in [3.63, 3.8) is 0 Å². The first kappa shape index (κ1) is 11.0. The Labute approximate surface area is 100 Å². The lowest BCUT2D eigenvalue weighted by Gasteiger charge is -2.15. The molecule has 0 atom stereocenters. The van der Waals surface area contributed by atoms with Crippen molar-refractivity contribution in [2.24, 2.45) is 0 Å². The summed E-state index contributed by atoms with van der Waals surface area (Å²) >= 11 is 12.2. The lowest BCUT2D eigenvalue weighted by atomic mass is 10.0. The maximum Gasteiger partial charge on any atom is 0.0493 e. The van der Waals surface area contributed by atoms with Crippen LogP contribution in [0.15, 0.2) is 23.8 Å². The van der Waals surface area contributed by atoms with Crippen LogP contribution in [0, 0.1) is 0 Å². The van der Waals surface area contributed by atoms with E-state index >= 15 is 0 Å². The highest BCUT2D eigenvalue weighted by Crippen LogP contribution is 2.28. The van der Waals surface area contributed by atoms with E-state index in [-0.39, 0.29) is 0 Å². The molecule has 2 rings (SSSR count). The van der Waals surface area contributed by atoms with Crippen molar-refractivity contribution in [2.75, 3.05) is 13.1 Å². The molecule has 15 heavy (non-hydrogen) atoms. The van der Waals surface area contributed by atoms with Gasteiger partial charge in [0.15, 0.2) is 0 Å². The molecule has 0 radical (unpaired) electrons. The standard InChI is InChI=1S/C12H13Cl2N/c13-11-2-1-3-12(14)10(11)8-9-4-6-15-7-5-9/h1-3,8,15H,4-7H2. The van der Waals surface area contributed by atoms with Crippen molar-refractivity contribution in [3.8, 4) is 0 Å². The van der Waals surface area contributed by atoms with Crippen LogP contribution in [0.3, 0.4) is 0 Å². The molecule has 3 heteroatoms. The van der Waals surface area contributed by atoms with Crippen molar-refractivity contribution in [3.05, 3.63) is 39.4 Å². The van der Waals surface area contributed by atoms with Gasteiger partial charge in [0, 0.05) is 15.6 Å². The molecule has 0 saturated carbocycles. The summed E-state index contributed by atoms with van der Waals surface area (Å²) in [7, 11) is 0. The van der Waals surface area contributed by atoms with E-state index < -0.39 is 0 Å². The van der Waals surface area contributed by atoms with Crippen LogP contribution in [-0.4, -0.2) is 13.1 Å². The minimum Gasteiger partial charge on any atom is -0.316 e. The zero-order valence-corrected chi connectivity index (χ0v) is 9.91. The summed E-state index contributed by atoms with van der Waals surface area (Å²) in [5, 5.41) is 4.78. The zero-order chi connectivity index (χ0) is 10.7. The minimum absolute atomic E-state index is 0.730. The highest BCUT2D eigenvalue weighted by atomic mass is 35.5. The van der Waals surface area contributed by atoms with Crippen LogP contribution >= 0.6 is 23.2 Å². The zero-order valence-electron chi connectivity index (χ0n) is 8.39. The molecule has 0 unspecified atom stereocenters. The predicted molar refractivity (Wildman–Crippen MR) is 66.5 cm³/mol. The molecule has 0 bridgehead atoms. The van der Waals surface area contributed by atoms with Gasteiger partial charge < -0.3 is 5.32 Å². The first-order valence-corrected chi connectivity index (χ1v) is 5.87. The van der Waals surface area contributed by atoms with E-state index in [1.54, 1.807) is 0 Å². The summed E-state index contributed by atoms with van der Waals surface area (Å²) in [5.41, 5.74) is 2.38. The Bertz CT molecular complexity index is 357. The second-order valence-corrected chi connectivity index (χ2v) is 4.50. The molecule has 1 aromatic rings. The molecule has 1 aromatic carbocycles. The molecular formula is C12H13Cl2N. The van der Waals surface area contributed by atoms with Crippen LogP contribution in [-0.2, 0) is 0 Å². The maximum absolute atomic E-state index is 6.10. The van der Waals surface area contributed by atoms with E-state index in [4.69, 9.17) is 23.2 Å². The Balaban J connectivity index is 2.29. The highest BCUT2D eigenvalue weighted by molar-refractivity contribution is 6.37. The summed E-state index contributed by atoms with van der Waals surface area (Å²) in [5.74, 6) is 0. The van der Waals surface area contributed by atoms with E-state index in [0.29, 0.717) is 0 Å². The maximum atomic E-state index is 6.10. The van der Waals surface area contributed by atoms with E-state index in [0.717, 1.165) is 41.5 Å². The fourth-order valence-corrected chi connectivity index (χ4v) is 2.25. The molecule has 80 valence electrons. The third-order valence-electron chi connectivity index (χ3n) is 2.59. The van der Waals surface area contributed by atoms with Gasteiger partial charge >= 0.3 is 0 Å². The summed E-state index contributed by atoms with van der Waals surface area (Å²) in [6.07, 6.45) is 4.30. The Morgan fingerprint density at radius 3 is 2.27 bits per heavy atom. The quantitative estimate of drug-likeness (QED) is 0.790. The molecular weight excluding hydrogens is 229 g/mol. The number of benzene rings is 1. The molecule has 1 nitrogen and oxygen atoms in total. The minimum atomic E-state index is 0.730. The second-order valence-electron chi connectivity index (χ2n) is 3.69. The lowest BCUT2D eigenvalue weighted by molar-refractivity contribution is 0.613. The number of nitrogens with one attached hydrogen (secondary N) is 1. The van der Waals surface area contributed by atoms with Gasteiger partial charge in [-0.3, -0.25) is 0 Å². The smallest absolute Gasteiger partial charge is 0.0493 e. The van der Waals surface area contributed by atoms with Crippen molar-refractivity contribution in [1.82, 2.24) is 5.32 Å². The Hall–Kier alpha value is -0.500. The second kappa shape index (κ2) is 5.02. The molecule has 0 aromatic heterocycles. The third-order valence-corrected chi connectivity index (χ3v) is 3.25. The average molecular weight is 242 g/mol. The van der Waals surface area contributed by atoms with E-state index in [1.807, 2.05) is 18.2 Å². The van der Waals surface area contributed by atoms with Gasteiger partial charge in [0.05, 0.1) is 0 Å². The van der Waals surface area contributed by atoms with Gasteiger partial charge in [-0.05, 0) is 38.1 Å². The van der Waals surface area contributed by atoms with Crippen molar-refractivity contribution < 1.29 is 0 Å². The van der Waals surface area contributed by atoms with Gasteiger partial charge in [0.2, 0.25) is 0 Å². The van der Waals surface area contributed by atoms with Gasteiger partial charge in [-0.15, -0.1) is 0 Å². The Morgan fingerprint density at radius 1 is 1.07 bits per heavy atom. The summed E-state index contributed by atoms with van der Waals surface area (Å²) < 4.78 is 0. The molecule has 1 aliphatic rings. The van der Waals surface area contributed by atoms with E-state index in [1.165, 1.54) is 5.57 Å². The molecule has 1 heterocycles. The van der Waals surface area contributed by atoms with Crippen LogP contribution in [0.25, 0.3) is 6.08 Å². The van der Waals surface area contributed by atoms with Crippen molar-refractivity contribution >= 4 is 29.3 Å². The summed E-state index contributed by atoms with van der Waals surface area (Å²) in [6, 6.07) is 5.62. The van der Waals surface area contributed by atoms with Crippen LogP contribution in [0.4, 0.5) is 0 Å². The molecule has 1 fully saturated rings. The van der Waals surface area contributed by atoms with Gasteiger partial charge in [-0.2, -0.15) is 0 Å². The highest BCUT2D eigenvalue weighted by Gasteiger charge is 2.07. The Kier molecular flexibility index (Phi) is 3.68. The fraction of sp³-hybridized carbons (Fsp3) is 0.333. The van der Waals surface area contributed by atoms with Gasteiger partial charge in [-0.25, -0.2) is 0 Å². The molecule has 1 saturated heterocycles. The van der Waals surface area contributed by atoms with Crippen LogP contribution in [0.1, 0.15) is 18.4 Å². The normalized spacial score (nSPS) is 16.5. The lowest BCUT2D eigenvalue weighted by Crippen LogP contribution is -2.22. The summed E-state index contributed by atoms with van der Waals surface area (Å²) in [6.45, 7) is 2.10. The third kappa shape index (κ3) is 2.75. The fourth-order valence-electron chi connectivity index (χ4n) is 1.74. The number of piperidine rings is 1. The van der Waals surface area contributed by atoms with Crippen LogP contribution in [0.2, 0.25) is 10.0 Å². The van der Waals surface area contributed by atoms with Crippen LogP contribution < -0.4 is 5.32 Å². The van der Waals surface area contributed by atoms with Gasteiger partial charge in [-0.1, -0.05) is 40.9 Å². The number of hydrogen-bond donors (Lipinski definition) is 1. The van der Waals surface area contributed by atoms with E-state index in [9.17, 15) is 0 Å². The monoisotopic (exact) mass is 241 g/mol. The summed E-state index contributed by atoms with van der Waals surface area (Å²) in [4.78, 5) is 0.